The van der Waals surface area contributed by atoms with Gasteiger partial charge in [0, 0.05) is 0 Å². The summed E-state index contributed by atoms with van der Waals surface area (Å²) in [4.78, 5) is -1.07. The van der Waals surface area contributed by atoms with Crippen molar-refractivity contribution in [2.45, 2.75) is 81.3 Å². The van der Waals surface area contributed by atoms with E-state index < -0.39 is 37.2 Å². The summed E-state index contributed by atoms with van der Waals surface area (Å²) in [6.07, 6.45) is -2.28. The van der Waals surface area contributed by atoms with Crippen LogP contribution in [0.1, 0.15) is 49.9 Å². The van der Waals surface area contributed by atoms with Gasteiger partial charge in [0.2, 0.25) is 0 Å². The van der Waals surface area contributed by atoms with E-state index >= 15 is 0 Å². The van der Waals surface area contributed by atoms with E-state index in [2.05, 4.69) is 52.9 Å². The highest BCUT2D eigenvalue weighted by molar-refractivity contribution is 8.00. The number of methoxy groups -OCH3 is 2. The first-order chi connectivity index (χ1) is 24.4. The molecule has 1 N–H and O–H groups in total. The van der Waals surface area contributed by atoms with E-state index in [9.17, 15) is 5.11 Å². The molecule has 1 heterocycles. The molecule has 7 nitrogen and oxygen atoms in total. The van der Waals surface area contributed by atoms with Crippen LogP contribution in [-0.2, 0) is 30.8 Å². The molecule has 0 unspecified atom stereocenters. The summed E-state index contributed by atoms with van der Waals surface area (Å²) in [7, 11) is 1.18. The highest BCUT2D eigenvalue weighted by atomic mass is 32.2. The van der Waals surface area contributed by atoms with E-state index in [-0.39, 0.29) is 18.3 Å². The van der Waals surface area contributed by atoms with Crippen molar-refractivity contribution in [1.82, 2.24) is 0 Å². The van der Waals surface area contributed by atoms with Gasteiger partial charge in [-0.3, -0.25) is 0 Å². The van der Waals surface area contributed by atoms with Crippen molar-refractivity contribution in [1.29, 1.82) is 0 Å². The summed E-state index contributed by atoms with van der Waals surface area (Å²) in [6, 6.07) is 36.2. The molecule has 0 saturated carbocycles. The Bertz CT molecular complexity index is 1600. The molecule has 0 aliphatic carbocycles. The highest BCUT2D eigenvalue weighted by Crippen LogP contribution is 2.48. The standard InChI is InChI=1S/C42H54O7SSi/c1-9-50-41(39(46-28-31-16-12-10-13-17-31)38(43)37(49-41)29-48-51(7,8)40(2,3)4)30-47-42(32-18-14-11-15-19-32,33-20-24-35(44-5)25-21-33)34-22-26-36(45-6)27-23-34/h10-27,37-39,43H,9,28-30H2,1-8H3/t37-,38-,39+,41+/m1/s1. The lowest BCUT2D eigenvalue weighted by molar-refractivity contribution is -0.120. The summed E-state index contributed by atoms with van der Waals surface area (Å²) in [6.45, 7) is 13.8. The van der Waals surface area contributed by atoms with Crippen LogP contribution in [0.5, 0.6) is 11.5 Å². The molecule has 0 aromatic heterocycles. The number of hydrogen-bond acceptors (Lipinski definition) is 8. The molecule has 0 amide bonds. The Labute approximate surface area is 309 Å². The summed E-state index contributed by atoms with van der Waals surface area (Å²) in [5, 5.41) is 12.1. The second-order valence-corrected chi connectivity index (χ2v) is 20.8. The molecule has 4 atom stereocenters. The number of benzene rings is 4. The molecular formula is C42H54O7SSi. The first kappa shape index (κ1) is 39.1. The van der Waals surface area contributed by atoms with Crippen molar-refractivity contribution in [3.05, 3.63) is 131 Å². The minimum atomic E-state index is -2.15. The first-order valence-electron chi connectivity index (χ1n) is 17.7. The van der Waals surface area contributed by atoms with Crippen LogP contribution in [0.25, 0.3) is 0 Å². The van der Waals surface area contributed by atoms with Gasteiger partial charge in [-0.15, -0.1) is 11.8 Å². The summed E-state index contributed by atoms with van der Waals surface area (Å²) in [5.74, 6) is 2.20. The lowest BCUT2D eigenvalue weighted by Gasteiger charge is -2.41. The van der Waals surface area contributed by atoms with Crippen molar-refractivity contribution in [3.8, 4) is 11.5 Å². The van der Waals surface area contributed by atoms with Crippen LogP contribution in [0.15, 0.2) is 109 Å². The van der Waals surface area contributed by atoms with Crippen molar-refractivity contribution < 1.29 is 33.2 Å². The zero-order valence-electron chi connectivity index (χ0n) is 31.3. The number of hydrogen-bond donors (Lipinski definition) is 1. The Hall–Kier alpha value is -3.15. The Morgan fingerprint density at radius 3 is 1.76 bits per heavy atom. The molecule has 1 aliphatic rings. The predicted octanol–water partition coefficient (Wildman–Crippen LogP) is 8.83. The van der Waals surface area contributed by atoms with Gasteiger partial charge in [-0.2, -0.15) is 0 Å². The van der Waals surface area contributed by atoms with Crippen LogP contribution in [0.2, 0.25) is 18.1 Å². The van der Waals surface area contributed by atoms with Crippen LogP contribution in [0, 0.1) is 0 Å². The molecule has 0 bridgehead atoms. The molecule has 4 aromatic carbocycles. The van der Waals surface area contributed by atoms with Gasteiger partial charge in [-0.05, 0) is 70.4 Å². The monoisotopic (exact) mass is 730 g/mol. The minimum Gasteiger partial charge on any atom is -0.497 e. The maximum atomic E-state index is 12.1. The third-order valence-corrected chi connectivity index (χ3v) is 15.9. The van der Waals surface area contributed by atoms with Gasteiger partial charge in [-0.1, -0.05) is 113 Å². The molecule has 1 fully saturated rings. The van der Waals surface area contributed by atoms with E-state index in [1.807, 2.05) is 97.1 Å². The molecule has 274 valence electrons. The van der Waals surface area contributed by atoms with Gasteiger partial charge in [0.1, 0.15) is 35.4 Å². The van der Waals surface area contributed by atoms with Crippen molar-refractivity contribution in [2.75, 3.05) is 33.2 Å². The molecule has 51 heavy (non-hydrogen) atoms. The van der Waals surface area contributed by atoms with E-state index in [0.717, 1.165) is 33.8 Å². The SMILES string of the molecule is CCS[C@]1(COC(c2ccccc2)(c2ccc(OC)cc2)c2ccc(OC)cc2)O[C@H](CO[Si](C)(C)C(C)(C)C)[C@@H](O)[C@@H]1OCc1ccccc1. The number of aliphatic hydroxyl groups excluding tert-OH is 1. The number of aliphatic hydroxyl groups is 1. The summed E-state index contributed by atoms with van der Waals surface area (Å²) < 4.78 is 38.8. The van der Waals surface area contributed by atoms with E-state index in [0.29, 0.717) is 12.4 Å². The molecule has 5 rings (SSSR count). The van der Waals surface area contributed by atoms with Gasteiger partial charge in [0.05, 0.1) is 34.0 Å². The van der Waals surface area contributed by atoms with E-state index in [4.69, 9.17) is 28.1 Å². The Kier molecular flexibility index (Phi) is 12.8. The zero-order chi connectivity index (χ0) is 36.7. The molecule has 0 radical (unpaired) electrons. The van der Waals surface area contributed by atoms with Crippen molar-refractivity contribution >= 4 is 20.1 Å². The van der Waals surface area contributed by atoms with Crippen molar-refractivity contribution in [3.63, 3.8) is 0 Å². The van der Waals surface area contributed by atoms with Crippen molar-refractivity contribution in [2.24, 2.45) is 0 Å². The van der Waals surface area contributed by atoms with Crippen LogP contribution in [0.4, 0.5) is 0 Å². The van der Waals surface area contributed by atoms with Gasteiger partial charge in [0.25, 0.3) is 0 Å². The fourth-order valence-electron chi connectivity index (χ4n) is 6.27. The molecule has 1 aliphatic heterocycles. The second-order valence-electron chi connectivity index (χ2n) is 14.5. The van der Waals surface area contributed by atoms with Gasteiger partial charge in [0.15, 0.2) is 13.3 Å². The fourth-order valence-corrected chi connectivity index (χ4v) is 8.48. The number of rotatable bonds is 16. The van der Waals surface area contributed by atoms with E-state index in [1.54, 1.807) is 26.0 Å². The van der Waals surface area contributed by atoms with Gasteiger partial charge < -0.3 is 33.2 Å². The maximum absolute atomic E-state index is 12.1. The van der Waals surface area contributed by atoms with Crippen LogP contribution in [-0.4, -0.2) is 69.9 Å². The largest absolute Gasteiger partial charge is 0.497 e. The van der Waals surface area contributed by atoms with Crippen LogP contribution < -0.4 is 9.47 Å². The molecule has 4 aromatic rings. The number of thioether (sulfide) groups is 1. The molecular weight excluding hydrogens is 677 g/mol. The van der Waals surface area contributed by atoms with Crippen LogP contribution in [0.3, 0.4) is 0 Å². The third-order valence-electron chi connectivity index (χ3n) is 10.2. The average Bonchev–Trinajstić information content (AvgIpc) is 3.40. The summed E-state index contributed by atoms with van der Waals surface area (Å²) >= 11 is 1.60. The highest BCUT2D eigenvalue weighted by Gasteiger charge is 2.58. The fraction of sp³-hybridized carbons (Fsp3) is 0.429. The van der Waals surface area contributed by atoms with Gasteiger partial charge in [-0.25, -0.2) is 0 Å². The maximum Gasteiger partial charge on any atom is 0.192 e. The third kappa shape index (κ3) is 8.57. The zero-order valence-corrected chi connectivity index (χ0v) is 33.1. The quantitative estimate of drug-likeness (QED) is 0.0906. The van der Waals surface area contributed by atoms with Crippen LogP contribution >= 0.6 is 11.8 Å². The Morgan fingerprint density at radius 2 is 1.27 bits per heavy atom. The minimum absolute atomic E-state index is 0.00412. The molecule has 0 spiro atoms. The topological polar surface area (TPSA) is 75.6 Å². The first-order valence-corrected chi connectivity index (χ1v) is 21.6. The predicted molar refractivity (Wildman–Crippen MR) is 208 cm³/mol. The Balaban J connectivity index is 1.60. The second kappa shape index (κ2) is 16.7. The van der Waals surface area contributed by atoms with Gasteiger partial charge >= 0.3 is 0 Å². The lowest BCUT2D eigenvalue weighted by atomic mass is 9.80. The number of ether oxygens (including phenoxy) is 5. The van der Waals surface area contributed by atoms with E-state index in [1.165, 1.54) is 0 Å². The molecule has 1 saturated heterocycles. The molecule has 9 heteroatoms. The average molecular weight is 731 g/mol. The normalized spacial score (nSPS) is 21.1. The smallest absolute Gasteiger partial charge is 0.192 e. The summed E-state index contributed by atoms with van der Waals surface area (Å²) in [5.41, 5.74) is 2.70. The Morgan fingerprint density at radius 1 is 0.765 bits per heavy atom. The lowest BCUT2D eigenvalue weighted by Crippen LogP contribution is -2.48.